The molecule has 2 atom stereocenters. The van der Waals surface area contributed by atoms with Gasteiger partial charge in [0.1, 0.15) is 0 Å². The Hall–Kier alpha value is -1.92. The number of amides is 1. The predicted octanol–water partition coefficient (Wildman–Crippen LogP) is 14.1. The normalized spacial score (nSPS) is 13.0. The van der Waals surface area contributed by atoms with Crippen LogP contribution in [0.25, 0.3) is 0 Å². The minimum atomic E-state index is -0.673. The van der Waals surface area contributed by atoms with E-state index in [-0.39, 0.29) is 18.5 Å². The lowest BCUT2D eigenvalue weighted by atomic mass is 10.0. The Morgan fingerprint density at radius 3 is 1.45 bits per heavy atom. The number of unbranched alkanes of at least 4 members (excludes halogenated alkanes) is 27. The summed E-state index contributed by atoms with van der Waals surface area (Å²) in [6.07, 6.45) is 53.9. The van der Waals surface area contributed by atoms with Crippen molar-refractivity contribution in [3.05, 3.63) is 36.5 Å². The Kier molecular flexibility index (Phi) is 44.2. The van der Waals surface area contributed by atoms with Gasteiger partial charge < -0.3 is 20.3 Å². The second-order valence-corrected chi connectivity index (χ2v) is 16.4. The SMILES string of the molecule is CCC/C=C\C/C=C\CCCCCCCC(=O)OCCCCCC/C=C\CCCCCCCCCC(=O)NC(CO)C(O)CCCCCCCCCCCCC. The summed E-state index contributed by atoms with van der Waals surface area (Å²) in [6.45, 7) is 4.82. The molecule has 0 aliphatic rings. The van der Waals surface area contributed by atoms with Gasteiger partial charge in [-0.25, -0.2) is 0 Å². The van der Waals surface area contributed by atoms with Gasteiger partial charge in [-0.2, -0.15) is 0 Å². The number of hydrogen-bond donors (Lipinski definition) is 3. The van der Waals surface area contributed by atoms with Gasteiger partial charge in [0.2, 0.25) is 5.91 Å². The second-order valence-electron chi connectivity index (χ2n) is 16.4. The van der Waals surface area contributed by atoms with Crippen LogP contribution in [-0.4, -0.2) is 47.4 Å². The quantitative estimate of drug-likeness (QED) is 0.0325. The number of rotatable bonds is 44. The van der Waals surface area contributed by atoms with Crippen LogP contribution in [0.3, 0.4) is 0 Å². The average Bonchev–Trinajstić information content (AvgIpc) is 3.20. The van der Waals surface area contributed by atoms with Gasteiger partial charge in [-0.1, -0.05) is 192 Å². The monoisotopic (exact) mass is 788 g/mol. The molecule has 0 aromatic carbocycles. The van der Waals surface area contributed by atoms with Gasteiger partial charge in [0.25, 0.3) is 0 Å². The van der Waals surface area contributed by atoms with Gasteiger partial charge in [0.05, 0.1) is 25.4 Å². The van der Waals surface area contributed by atoms with Crippen LogP contribution in [0.2, 0.25) is 0 Å². The van der Waals surface area contributed by atoms with E-state index in [2.05, 4.69) is 55.6 Å². The number of carbonyl (C=O) groups is 2. The van der Waals surface area contributed by atoms with Gasteiger partial charge in [-0.15, -0.1) is 0 Å². The fourth-order valence-electron chi connectivity index (χ4n) is 7.14. The molecule has 0 rings (SSSR count). The van der Waals surface area contributed by atoms with Crippen LogP contribution in [0.5, 0.6) is 0 Å². The van der Waals surface area contributed by atoms with Crippen molar-refractivity contribution in [2.75, 3.05) is 13.2 Å². The lowest BCUT2D eigenvalue weighted by molar-refractivity contribution is -0.143. The minimum absolute atomic E-state index is 0.0263. The number of hydrogen-bond acceptors (Lipinski definition) is 5. The molecule has 6 heteroatoms. The Bertz CT molecular complexity index is 915. The maximum atomic E-state index is 12.4. The molecule has 0 aliphatic carbocycles. The van der Waals surface area contributed by atoms with Crippen LogP contribution in [-0.2, 0) is 14.3 Å². The maximum Gasteiger partial charge on any atom is 0.305 e. The number of ether oxygens (including phenoxy) is 1. The van der Waals surface area contributed by atoms with E-state index in [9.17, 15) is 19.8 Å². The average molecular weight is 788 g/mol. The van der Waals surface area contributed by atoms with Crippen molar-refractivity contribution in [2.45, 2.75) is 257 Å². The molecule has 0 bridgehead atoms. The molecule has 328 valence electrons. The van der Waals surface area contributed by atoms with Crippen molar-refractivity contribution in [3.8, 4) is 0 Å². The standard InChI is InChI=1S/C50H93NO5/c1-3-5-7-9-11-13-15-19-24-28-32-36-40-44-50(55)56-45-41-37-33-29-25-21-18-16-17-20-23-27-31-35-39-43-49(54)51-47(46-52)48(53)42-38-34-30-26-22-14-12-10-8-6-4-2/h7,9,13,15,18,21,47-48,52-53H,3-6,8,10-12,14,16-17,19-20,22-46H2,1-2H3,(H,51,54)/b9-7-,15-13-,21-18-. The molecule has 1 amide bonds. The first-order valence-corrected chi connectivity index (χ1v) is 24.2. The summed E-state index contributed by atoms with van der Waals surface area (Å²) in [5.74, 6) is -0.0796. The van der Waals surface area contributed by atoms with Gasteiger partial charge >= 0.3 is 5.97 Å². The van der Waals surface area contributed by atoms with Gasteiger partial charge in [0.15, 0.2) is 0 Å². The summed E-state index contributed by atoms with van der Waals surface area (Å²) < 4.78 is 5.43. The van der Waals surface area contributed by atoms with E-state index >= 15 is 0 Å². The van der Waals surface area contributed by atoms with Crippen molar-refractivity contribution in [2.24, 2.45) is 0 Å². The van der Waals surface area contributed by atoms with Crippen LogP contribution in [0.15, 0.2) is 36.5 Å². The highest BCUT2D eigenvalue weighted by Gasteiger charge is 2.20. The molecule has 0 aromatic heterocycles. The first-order chi connectivity index (χ1) is 27.5. The summed E-state index contributed by atoms with van der Waals surface area (Å²) in [7, 11) is 0. The molecule has 6 nitrogen and oxygen atoms in total. The number of nitrogens with one attached hydrogen (secondary N) is 1. The molecule has 0 saturated heterocycles. The van der Waals surface area contributed by atoms with Crippen LogP contribution < -0.4 is 5.32 Å². The van der Waals surface area contributed by atoms with E-state index in [0.29, 0.717) is 25.9 Å². The summed E-state index contributed by atoms with van der Waals surface area (Å²) in [4.78, 5) is 24.4. The Morgan fingerprint density at radius 2 is 0.929 bits per heavy atom. The van der Waals surface area contributed by atoms with Crippen molar-refractivity contribution in [1.82, 2.24) is 5.32 Å². The number of allylic oxidation sites excluding steroid dienone is 6. The highest BCUT2D eigenvalue weighted by molar-refractivity contribution is 5.76. The molecule has 0 aliphatic heterocycles. The lowest BCUT2D eigenvalue weighted by Gasteiger charge is -2.22. The van der Waals surface area contributed by atoms with Gasteiger partial charge in [-0.3, -0.25) is 9.59 Å². The smallest absolute Gasteiger partial charge is 0.305 e. The van der Waals surface area contributed by atoms with Crippen molar-refractivity contribution in [1.29, 1.82) is 0 Å². The van der Waals surface area contributed by atoms with E-state index < -0.39 is 12.1 Å². The Labute approximate surface area is 347 Å². The highest BCUT2D eigenvalue weighted by Crippen LogP contribution is 2.15. The van der Waals surface area contributed by atoms with E-state index in [1.807, 2.05) is 0 Å². The molecule has 0 radical (unpaired) electrons. The predicted molar refractivity (Wildman–Crippen MR) is 241 cm³/mol. The molecule has 3 N–H and O–H groups in total. The third-order valence-corrected chi connectivity index (χ3v) is 10.9. The van der Waals surface area contributed by atoms with E-state index in [0.717, 1.165) is 83.5 Å². The number of aliphatic hydroxyl groups is 2. The van der Waals surface area contributed by atoms with Crippen LogP contribution in [0, 0.1) is 0 Å². The number of esters is 1. The van der Waals surface area contributed by atoms with Crippen LogP contribution in [0.4, 0.5) is 0 Å². The minimum Gasteiger partial charge on any atom is -0.466 e. The zero-order valence-electron chi connectivity index (χ0n) is 37.1. The van der Waals surface area contributed by atoms with Crippen molar-refractivity contribution in [3.63, 3.8) is 0 Å². The Morgan fingerprint density at radius 1 is 0.500 bits per heavy atom. The molecule has 0 fully saturated rings. The largest absolute Gasteiger partial charge is 0.466 e. The topological polar surface area (TPSA) is 95.9 Å². The first-order valence-electron chi connectivity index (χ1n) is 24.2. The molecule has 0 heterocycles. The fraction of sp³-hybridized carbons (Fsp3) is 0.840. The molecule has 2 unspecified atom stereocenters. The van der Waals surface area contributed by atoms with E-state index in [1.165, 1.54) is 128 Å². The molecule has 0 saturated carbocycles. The first kappa shape index (κ1) is 54.1. The Balaban J connectivity index is 3.49. The van der Waals surface area contributed by atoms with Crippen molar-refractivity contribution < 1.29 is 24.5 Å². The second kappa shape index (κ2) is 45.8. The van der Waals surface area contributed by atoms with E-state index in [1.54, 1.807) is 0 Å². The van der Waals surface area contributed by atoms with Crippen LogP contribution in [0.1, 0.15) is 245 Å². The third kappa shape index (κ3) is 41.7. The summed E-state index contributed by atoms with van der Waals surface area (Å²) in [5.41, 5.74) is 0. The molecular weight excluding hydrogens is 695 g/mol. The summed E-state index contributed by atoms with van der Waals surface area (Å²) >= 11 is 0. The fourth-order valence-corrected chi connectivity index (χ4v) is 7.14. The van der Waals surface area contributed by atoms with E-state index in [4.69, 9.17) is 4.74 Å². The zero-order valence-corrected chi connectivity index (χ0v) is 37.1. The summed E-state index contributed by atoms with van der Waals surface area (Å²) in [5, 5.41) is 23.1. The third-order valence-electron chi connectivity index (χ3n) is 10.9. The van der Waals surface area contributed by atoms with Crippen molar-refractivity contribution >= 4 is 11.9 Å². The maximum absolute atomic E-state index is 12.4. The van der Waals surface area contributed by atoms with Crippen LogP contribution >= 0.6 is 0 Å². The molecule has 0 aromatic rings. The zero-order chi connectivity index (χ0) is 40.8. The lowest BCUT2D eigenvalue weighted by Crippen LogP contribution is -2.45. The molecule has 56 heavy (non-hydrogen) atoms. The van der Waals surface area contributed by atoms with Gasteiger partial charge in [-0.05, 0) is 77.0 Å². The number of carbonyl (C=O) groups excluding carboxylic acids is 2. The summed E-state index contributed by atoms with van der Waals surface area (Å²) in [6, 6.07) is -0.552. The number of aliphatic hydroxyl groups excluding tert-OH is 2. The van der Waals surface area contributed by atoms with Gasteiger partial charge in [0, 0.05) is 12.8 Å². The highest BCUT2D eigenvalue weighted by atomic mass is 16.5. The molecular formula is C50H93NO5. The molecule has 0 spiro atoms.